The van der Waals surface area contributed by atoms with Crippen LogP contribution in [0.4, 0.5) is 0 Å². The average Bonchev–Trinajstić information content (AvgIpc) is 3.12. The summed E-state index contributed by atoms with van der Waals surface area (Å²) in [4.78, 5) is 0. The second kappa shape index (κ2) is 7.57. The van der Waals surface area contributed by atoms with E-state index in [0.29, 0.717) is 16.9 Å². The van der Waals surface area contributed by atoms with E-state index < -0.39 is 0 Å². The Balaban J connectivity index is 1.67. The van der Waals surface area contributed by atoms with Crippen LogP contribution in [-0.4, -0.2) is 16.0 Å². The van der Waals surface area contributed by atoms with Gasteiger partial charge < -0.3 is 8.83 Å². The SMILES string of the molecule is CCCCCSSc1nnc(-c2cc3cc(Br)ccc3o2)o1. The van der Waals surface area contributed by atoms with Gasteiger partial charge in [0, 0.05) is 26.4 Å². The molecule has 0 aliphatic carbocycles. The molecule has 0 N–H and O–H groups in total. The Hall–Kier alpha value is -0.920. The minimum Gasteiger partial charge on any atom is -0.451 e. The Labute approximate surface area is 145 Å². The van der Waals surface area contributed by atoms with Crippen LogP contribution in [0.3, 0.4) is 0 Å². The maximum Gasteiger partial charge on any atom is 0.287 e. The number of halogens is 1. The van der Waals surface area contributed by atoms with Crippen molar-refractivity contribution in [3.8, 4) is 11.7 Å². The molecule has 2 aromatic heterocycles. The second-order valence-corrected chi connectivity index (χ2v) is 8.06. The topological polar surface area (TPSA) is 52.1 Å². The molecule has 1 aromatic carbocycles. The van der Waals surface area contributed by atoms with Gasteiger partial charge in [0.1, 0.15) is 5.58 Å². The summed E-state index contributed by atoms with van der Waals surface area (Å²) < 4.78 is 12.4. The molecule has 22 heavy (non-hydrogen) atoms. The lowest BCUT2D eigenvalue weighted by Crippen LogP contribution is -1.76. The maximum absolute atomic E-state index is 5.75. The minimum atomic E-state index is 0.420. The van der Waals surface area contributed by atoms with Crippen molar-refractivity contribution in [2.24, 2.45) is 0 Å². The first-order chi connectivity index (χ1) is 10.8. The van der Waals surface area contributed by atoms with Gasteiger partial charge in [-0.05, 0) is 30.7 Å². The highest BCUT2D eigenvalue weighted by Crippen LogP contribution is 2.34. The molecule has 0 spiro atoms. The number of fused-ring (bicyclic) bond motifs is 1. The molecule has 0 aliphatic heterocycles. The number of aromatic nitrogens is 2. The summed E-state index contributed by atoms with van der Waals surface area (Å²) >= 11 is 3.45. The zero-order valence-electron chi connectivity index (χ0n) is 12.0. The fourth-order valence-electron chi connectivity index (χ4n) is 1.97. The van der Waals surface area contributed by atoms with E-state index in [1.54, 1.807) is 10.8 Å². The fraction of sp³-hybridized carbons (Fsp3) is 0.333. The number of nitrogens with zero attached hydrogens (tertiary/aromatic N) is 2. The molecule has 0 amide bonds. The normalized spacial score (nSPS) is 11.4. The van der Waals surface area contributed by atoms with Crippen molar-refractivity contribution in [3.63, 3.8) is 0 Å². The molecule has 4 nitrogen and oxygen atoms in total. The molecule has 0 unspecified atom stereocenters. The standard InChI is InChI=1S/C15H15BrN2O2S2/c1-2-3-4-7-21-22-15-18-17-14(20-15)13-9-10-8-11(16)5-6-12(10)19-13/h5-6,8-9H,2-4,7H2,1H3. The summed E-state index contributed by atoms with van der Waals surface area (Å²) in [5, 5.41) is 9.69. The van der Waals surface area contributed by atoms with Crippen molar-refractivity contribution in [3.05, 3.63) is 28.7 Å². The van der Waals surface area contributed by atoms with Crippen molar-refractivity contribution in [2.75, 3.05) is 5.75 Å². The van der Waals surface area contributed by atoms with Crippen molar-refractivity contribution in [2.45, 2.75) is 31.4 Å². The van der Waals surface area contributed by atoms with Gasteiger partial charge in [-0.15, -0.1) is 5.10 Å². The maximum atomic E-state index is 5.75. The average molecular weight is 399 g/mol. The summed E-state index contributed by atoms with van der Waals surface area (Å²) in [5.41, 5.74) is 0.805. The van der Waals surface area contributed by atoms with Gasteiger partial charge in [-0.25, -0.2) is 0 Å². The number of hydrogen-bond donors (Lipinski definition) is 0. The van der Waals surface area contributed by atoms with E-state index in [9.17, 15) is 0 Å². The van der Waals surface area contributed by atoms with Crippen molar-refractivity contribution in [1.29, 1.82) is 0 Å². The molecule has 0 aliphatic rings. The van der Waals surface area contributed by atoms with Crippen LogP contribution in [0.1, 0.15) is 26.2 Å². The predicted octanol–water partition coefficient (Wildman–Crippen LogP) is 6.18. The van der Waals surface area contributed by atoms with Gasteiger partial charge in [0.25, 0.3) is 11.1 Å². The summed E-state index contributed by atoms with van der Waals surface area (Å²) in [7, 11) is 3.27. The molecule has 3 rings (SSSR count). The largest absolute Gasteiger partial charge is 0.451 e. The molecule has 0 saturated carbocycles. The predicted molar refractivity (Wildman–Crippen MR) is 95.0 cm³/mol. The van der Waals surface area contributed by atoms with Gasteiger partial charge in [0.2, 0.25) is 0 Å². The third-order valence-electron chi connectivity index (χ3n) is 3.06. The molecule has 0 bridgehead atoms. The summed E-state index contributed by atoms with van der Waals surface area (Å²) in [6, 6.07) is 7.77. The molecule has 7 heteroatoms. The van der Waals surface area contributed by atoms with Crippen molar-refractivity contribution >= 4 is 48.5 Å². The first-order valence-electron chi connectivity index (χ1n) is 7.08. The third-order valence-corrected chi connectivity index (χ3v) is 5.71. The number of hydrogen-bond acceptors (Lipinski definition) is 6. The van der Waals surface area contributed by atoms with Gasteiger partial charge >= 0.3 is 0 Å². The van der Waals surface area contributed by atoms with Crippen LogP contribution in [0.25, 0.3) is 22.6 Å². The van der Waals surface area contributed by atoms with Gasteiger partial charge in [0.15, 0.2) is 5.76 Å². The first-order valence-corrected chi connectivity index (χ1v) is 10.2. The van der Waals surface area contributed by atoms with E-state index in [1.165, 1.54) is 30.1 Å². The molecule has 116 valence electrons. The highest BCUT2D eigenvalue weighted by Gasteiger charge is 2.14. The zero-order valence-corrected chi connectivity index (χ0v) is 15.3. The van der Waals surface area contributed by atoms with Crippen LogP contribution in [0.2, 0.25) is 0 Å². The van der Waals surface area contributed by atoms with Gasteiger partial charge in [-0.2, -0.15) is 0 Å². The van der Waals surface area contributed by atoms with E-state index in [4.69, 9.17) is 8.83 Å². The van der Waals surface area contributed by atoms with Crippen LogP contribution in [0.5, 0.6) is 0 Å². The fourth-order valence-corrected chi connectivity index (χ4v) is 4.15. The van der Waals surface area contributed by atoms with E-state index >= 15 is 0 Å². The zero-order chi connectivity index (χ0) is 15.4. The molecular weight excluding hydrogens is 384 g/mol. The third kappa shape index (κ3) is 3.88. The molecular formula is C15H15BrN2O2S2. The molecule has 0 atom stereocenters. The van der Waals surface area contributed by atoms with E-state index in [0.717, 1.165) is 21.2 Å². The Morgan fingerprint density at radius 3 is 2.91 bits per heavy atom. The van der Waals surface area contributed by atoms with E-state index in [1.807, 2.05) is 24.3 Å². The highest BCUT2D eigenvalue weighted by atomic mass is 79.9. The Morgan fingerprint density at radius 2 is 2.05 bits per heavy atom. The molecule has 2 heterocycles. The smallest absolute Gasteiger partial charge is 0.287 e. The van der Waals surface area contributed by atoms with Gasteiger partial charge in [0.05, 0.1) is 0 Å². The number of unbranched alkanes of at least 4 members (excludes halogenated alkanes) is 2. The lowest BCUT2D eigenvalue weighted by atomic mass is 10.2. The highest BCUT2D eigenvalue weighted by molar-refractivity contribution is 9.10. The lowest BCUT2D eigenvalue weighted by Gasteiger charge is -1.95. The minimum absolute atomic E-state index is 0.420. The number of furan rings is 1. The first kappa shape index (κ1) is 16.0. The Morgan fingerprint density at radius 1 is 1.14 bits per heavy atom. The quantitative estimate of drug-likeness (QED) is 0.350. The van der Waals surface area contributed by atoms with Crippen LogP contribution >= 0.6 is 37.5 Å². The van der Waals surface area contributed by atoms with Crippen molar-refractivity contribution < 1.29 is 8.83 Å². The van der Waals surface area contributed by atoms with Crippen LogP contribution in [-0.2, 0) is 0 Å². The molecule has 3 aromatic rings. The summed E-state index contributed by atoms with van der Waals surface area (Å²) in [6.07, 6.45) is 3.71. The summed E-state index contributed by atoms with van der Waals surface area (Å²) in [5.74, 6) is 2.11. The van der Waals surface area contributed by atoms with Crippen molar-refractivity contribution in [1.82, 2.24) is 10.2 Å². The lowest BCUT2D eigenvalue weighted by molar-refractivity contribution is 0.453. The van der Waals surface area contributed by atoms with E-state index in [2.05, 4.69) is 33.1 Å². The molecule has 0 saturated heterocycles. The number of benzene rings is 1. The van der Waals surface area contributed by atoms with E-state index in [-0.39, 0.29) is 0 Å². The Kier molecular flexibility index (Phi) is 5.49. The molecule has 0 radical (unpaired) electrons. The molecule has 0 fully saturated rings. The van der Waals surface area contributed by atoms with Crippen LogP contribution < -0.4 is 0 Å². The monoisotopic (exact) mass is 398 g/mol. The Bertz CT molecular complexity index is 757. The summed E-state index contributed by atoms with van der Waals surface area (Å²) in [6.45, 7) is 2.20. The van der Waals surface area contributed by atoms with Crippen LogP contribution in [0, 0.1) is 0 Å². The second-order valence-electron chi connectivity index (χ2n) is 4.78. The van der Waals surface area contributed by atoms with Gasteiger partial charge in [-0.3, -0.25) is 0 Å². The van der Waals surface area contributed by atoms with Crippen LogP contribution in [0.15, 0.2) is 42.8 Å². The number of rotatable bonds is 7. The van der Waals surface area contributed by atoms with Gasteiger partial charge in [-0.1, -0.05) is 51.6 Å².